The van der Waals surface area contributed by atoms with Crippen LogP contribution in [-0.2, 0) is 22.4 Å². The van der Waals surface area contributed by atoms with Gasteiger partial charge in [-0.2, -0.15) is 13.8 Å². The molecule has 0 amide bonds. The fourth-order valence-electron chi connectivity index (χ4n) is 2.18. The van der Waals surface area contributed by atoms with Gasteiger partial charge in [0.25, 0.3) is 0 Å². The van der Waals surface area contributed by atoms with E-state index in [0.29, 0.717) is 0 Å². The van der Waals surface area contributed by atoms with Crippen LogP contribution in [0.3, 0.4) is 0 Å². The first-order valence-corrected chi connectivity index (χ1v) is 8.90. The molecule has 0 aromatic heterocycles. The maximum Gasteiger partial charge on any atom is 1.00 e. The quantitative estimate of drug-likeness (QED) is 0.278. The van der Waals surface area contributed by atoms with E-state index in [1.807, 2.05) is 20.3 Å². The predicted octanol–water partition coefficient (Wildman–Crippen LogP) is 4.67. The van der Waals surface area contributed by atoms with E-state index >= 15 is 0 Å². The van der Waals surface area contributed by atoms with Crippen LogP contribution in [0.15, 0.2) is 91.0 Å². The van der Waals surface area contributed by atoms with Gasteiger partial charge in [0.05, 0.1) is 0 Å². The summed E-state index contributed by atoms with van der Waals surface area (Å²) < 4.78 is 0. The molecule has 3 aromatic rings. The molecule has 0 heterocycles. The Kier molecular flexibility index (Phi) is 9.83. The van der Waals surface area contributed by atoms with Gasteiger partial charge in [-0.3, -0.25) is 0 Å². The van der Waals surface area contributed by atoms with Crippen LogP contribution in [0.4, 0.5) is 0 Å². The molecule has 0 N–H and O–H groups in total. The van der Waals surface area contributed by atoms with Crippen molar-refractivity contribution in [1.82, 2.24) is 0 Å². The largest absolute Gasteiger partial charge is 1.00 e. The minimum absolute atomic E-state index is 0. The maximum absolute atomic E-state index is 2.23. The van der Waals surface area contributed by atoms with E-state index in [0.717, 1.165) is 0 Å². The molecule has 0 unspecified atom stereocenters. The number of benzene rings is 3. The van der Waals surface area contributed by atoms with Crippen molar-refractivity contribution in [2.75, 3.05) is 0 Å². The van der Waals surface area contributed by atoms with E-state index in [9.17, 15) is 0 Å². The second-order valence-electron chi connectivity index (χ2n) is 4.92. The van der Waals surface area contributed by atoms with Crippen molar-refractivity contribution < 1.29 is 22.4 Å². The molecule has 0 bridgehead atoms. The Morgan fingerprint density at radius 3 is 0.957 bits per heavy atom. The van der Waals surface area contributed by atoms with Gasteiger partial charge in [-0.25, -0.2) is 0 Å². The predicted molar refractivity (Wildman–Crippen MR) is 101 cm³/mol. The Hall–Kier alpha value is -1.17. The van der Waals surface area contributed by atoms with Crippen LogP contribution >= 0.6 is 7.92 Å². The van der Waals surface area contributed by atoms with Crippen LogP contribution in [0.25, 0.3) is 0 Å². The van der Waals surface area contributed by atoms with Gasteiger partial charge in [0.1, 0.15) is 0 Å². The summed E-state index contributed by atoms with van der Waals surface area (Å²) in [5, 5.41) is 4.19. The summed E-state index contributed by atoms with van der Waals surface area (Å²) >= 11 is 0. The molecule has 122 valence electrons. The molecule has 3 aromatic carbocycles. The van der Waals surface area contributed by atoms with Gasteiger partial charge in [0.2, 0.25) is 0 Å². The maximum atomic E-state index is 2.23. The van der Waals surface area contributed by atoms with Gasteiger partial charge in [-0.1, -0.05) is 91.0 Å². The summed E-state index contributed by atoms with van der Waals surface area (Å²) in [5.41, 5.74) is 0. The second kappa shape index (κ2) is 11.4. The average molecular weight is 502 g/mol. The first-order chi connectivity index (χ1) is 10.9. The molecular formula is C21H22AuP. The third-order valence-electron chi connectivity index (χ3n) is 3.04. The standard InChI is InChI=1S/C18H15P.C3H7.Au/c1-4-10-16(11-5-1)19(17-12-6-2-7-13-17)18-14-8-3-9-15-18;1-3-2;/h1-15H;3H,1-2H3;/q;-1;+1. The first kappa shape index (κ1) is 19.9. The van der Waals surface area contributed by atoms with Crippen LogP contribution in [-0.4, -0.2) is 0 Å². The Labute approximate surface area is 157 Å². The molecule has 23 heavy (non-hydrogen) atoms. The molecule has 0 fully saturated rings. The van der Waals surface area contributed by atoms with E-state index in [4.69, 9.17) is 0 Å². The van der Waals surface area contributed by atoms with Crippen molar-refractivity contribution in [1.29, 1.82) is 0 Å². The van der Waals surface area contributed by atoms with Gasteiger partial charge < -0.3 is 6.42 Å². The molecule has 0 atom stereocenters. The minimum atomic E-state index is -0.446. The summed E-state index contributed by atoms with van der Waals surface area (Å²) in [7, 11) is -0.446. The smallest absolute Gasteiger partial charge is 0.335 e. The molecule has 0 saturated heterocycles. The number of hydrogen-bond donors (Lipinski definition) is 0. The zero-order valence-corrected chi connectivity index (χ0v) is 16.5. The Balaban J connectivity index is 0.000000615. The first-order valence-electron chi connectivity index (χ1n) is 7.56. The molecule has 2 heteroatoms. The van der Waals surface area contributed by atoms with E-state index in [2.05, 4.69) is 91.0 Å². The van der Waals surface area contributed by atoms with Crippen molar-refractivity contribution in [3.63, 3.8) is 0 Å². The molecule has 0 radical (unpaired) electrons. The summed E-state index contributed by atoms with van der Waals surface area (Å²) in [5.74, 6) is 0. The van der Waals surface area contributed by atoms with Gasteiger partial charge in [-0.05, 0) is 23.8 Å². The third-order valence-corrected chi connectivity index (χ3v) is 5.49. The summed E-state index contributed by atoms with van der Waals surface area (Å²) in [6.45, 7) is 4.00. The van der Waals surface area contributed by atoms with Crippen LogP contribution in [0.5, 0.6) is 0 Å². The van der Waals surface area contributed by atoms with Crippen LogP contribution < -0.4 is 15.9 Å². The molecular weight excluding hydrogens is 480 g/mol. The van der Waals surface area contributed by atoms with E-state index in [1.165, 1.54) is 15.9 Å². The molecule has 0 aliphatic heterocycles. The Bertz CT molecular complexity index is 545. The van der Waals surface area contributed by atoms with Gasteiger partial charge in [0.15, 0.2) is 0 Å². The molecule has 0 spiro atoms. The van der Waals surface area contributed by atoms with Gasteiger partial charge >= 0.3 is 22.4 Å². The Morgan fingerprint density at radius 2 is 0.739 bits per heavy atom. The van der Waals surface area contributed by atoms with E-state index in [-0.39, 0.29) is 22.4 Å². The minimum Gasteiger partial charge on any atom is -0.335 e. The topological polar surface area (TPSA) is 0 Å². The third kappa shape index (κ3) is 6.09. The molecule has 3 rings (SSSR count). The number of hydrogen-bond acceptors (Lipinski definition) is 0. The summed E-state index contributed by atoms with van der Waals surface area (Å²) in [6.07, 6.45) is 2.00. The molecule has 0 aliphatic carbocycles. The van der Waals surface area contributed by atoms with Crippen molar-refractivity contribution in [3.05, 3.63) is 97.4 Å². The fraction of sp³-hybridized carbons (Fsp3) is 0.0952. The van der Waals surface area contributed by atoms with Crippen LogP contribution in [0, 0.1) is 6.42 Å². The summed E-state index contributed by atoms with van der Waals surface area (Å²) in [6, 6.07) is 32.3. The molecule has 0 aliphatic rings. The second-order valence-corrected chi connectivity index (χ2v) is 7.14. The van der Waals surface area contributed by atoms with Crippen molar-refractivity contribution >= 4 is 23.8 Å². The van der Waals surface area contributed by atoms with Crippen molar-refractivity contribution in [2.45, 2.75) is 13.8 Å². The fourth-order valence-corrected chi connectivity index (χ4v) is 4.48. The zero-order chi connectivity index (χ0) is 15.6. The summed E-state index contributed by atoms with van der Waals surface area (Å²) in [4.78, 5) is 0. The number of rotatable bonds is 3. The van der Waals surface area contributed by atoms with Crippen molar-refractivity contribution in [2.24, 2.45) is 0 Å². The van der Waals surface area contributed by atoms with Crippen LogP contribution in [0.2, 0.25) is 0 Å². The Morgan fingerprint density at radius 1 is 0.522 bits per heavy atom. The average Bonchev–Trinajstić information content (AvgIpc) is 2.59. The van der Waals surface area contributed by atoms with E-state index in [1.54, 1.807) is 0 Å². The van der Waals surface area contributed by atoms with Gasteiger partial charge in [-0.15, -0.1) is 0 Å². The molecule has 0 saturated carbocycles. The molecule has 0 nitrogen and oxygen atoms in total. The zero-order valence-electron chi connectivity index (χ0n) is 13.5. The normalized spacial score (nSPS) is 9.52. The monoisotopic (exact) mass is 502 g/mol. The van der Waals surface area contributed by atoms with Crippen LogP contribution in [0.1, 0.15) is 13.8 Å². The van der Waals surface area contributed by atoms with E-state index < -0.39 is 7.92 Å². The van der Waals surface area contributed by atoms with Crippen molar-refractivity contribution in [3.8, 4) is 0 Å². The van der Waals surface area contributed by atoms with Gasteiger partial charge in [0, 0.05) is 0 Å². The SMILES string of the molecule is C[CH-]C.[Au+].c1ccc(P(c2ccccc2)c2ccccc2)cc1.